The molecule has 2 aromatic heterocycles. The summed E-state index contributed by atoms with van der Waals surface area (Å²) >= 11 is 0. The molecule has 216 valence electrons. The third kappa shape index (κ3) is 6.35. The van der Waals surface area contributed by atoms with Gasteiger partial charge in [-0.15, -0.1) is 0 Å². The van der Waals surface area contributed by atoms with Crippen LogP contribution in [0.4, 0.5) is 10.2 Å². The number of ether oxygens (including phenoxy) is 2. The highest BCUT2D eigenvalue weighted by molar-refractivity contribution is 7.52. The molecule has 0 aliphatic carbocycles. The Hall–Kier alpha value is -3.74. The summed E-state index contributed by atoms with van der Waals surface area (Å²) in [5.41, 5.74) is 3.42. The van der Waals surface area contributed by atoms with Crippen LogP contribution in [-0.2, 0) is 23.4 Å². The number of nitrogens with zero attached hydrogens (tertiary/aromatic N) is 4. The molecule has 40 heavy (non-hydrogen) atoms. The molecule has 1 unspecified atom stereocenters. The second-order valence-corrected chi connectivity index (χ2v) is 12.3. The number of halogens is 1. The molecule has 1 aliphatic rings. The van der Waals surface area contributed by atoms with Crippen LogP contribution in [0.1, 0.15) is 46.4 Å². The monoisotopic (exact) mass is 578 g/mol. The number of aromatic nitrogens is 4. The maximum Gasteiger partial charge on any atom is 0.459 e. The molecule has 4 N–H and O–H groups in total. The summed E-state index contributed by atoms with van der Waals surface area (Å²) in [6, 6.07) is 7.01. The molecule has 3 aromatic rings. The van der Waals surface area contributed by atoms with Crippen molar-refractivity contribution in [1.29, 1.82) is 0 Å². The second-order valence-electron chi connectivity index (χ2n) is 10.6. The average Bonchev–Trinajstić information content (AvgIpc) is 3.40. The number of nitrogens with one attached hydrogen (secondary N) is 1. The molecule has 0 bridgehead atoms. The van der Waals surface area contributed by atoms with Gasteiger partial charge >= 0.3 is 13.7 Å². The van der Waals surface area contributed by atoms with Crippen LogP contribution in [0, 0.1) is 5.41 Å². The zero-order valence-corrected chi connectivity index (χ0v) is 23.6. The molecule has 4 rings (SSSR count). The lowest BCUT2D eigenvalue weighted by Crippen LogP contribution is -2.36. The summed E-state index contributed by atoms with van der Waals surface area (Å²) in [4.78, 5) is 20.5. The molecule has 15 heteroatoms. The topological polar surface area (TPSA) is 172 Å². The smallest absolute Gasteiger partial charge is 0.459 e. The Balaban J connectivity index is 1.53. The number of aliphatic hydroxyl groups is 1. The predicted molar refractivity (Wildman–Crippen MR) is 142 cm³/mol. The van der Waals surface area contributed by atoms with Crippen molar-refractivity contribution in [3.05, 3.63) is 60.1 Å². The van der Waals surface area contributed by atoms with Gasteiger partial charge in [0.2, 0.25) is 5.67 Å². The molecule has 3 heterocycles. The quantitative estimate of drug-likeness (QED) is 0.233. The Labute approximate surface area is 230 Å². The number of benzene rings is 1. The van der Waals surface area contributed by atoms with E-state index in [1.54, 1.807) is 18.2 Å². The fourth-order valence-corrected chi connectivity index (χ4v) is 5.18. The van der Waals surface area contributed by atoms with Crippen molar-refractivity contribution in [3.63, 3.8) is 0 Å². The highest BCUT2D eigenvalue weighted by Gasteiger charge is 2.51. The molecular formula is C25H32FN6O7P. The number of carbonyl (C=O) groups is 1. The number of rotatable bonds is 10. The fraction of sp³-hybridized carbons (Fsp3) is 0.440. The molecule has 13 nitrogen and oxygen atoms in total. The van der Waals surface area contributed by atoms with Gasteiger partial charge in [-0.1, -0.05) is 39.0 Å². The van der Waals surface area contributed by atoms with Crippen LogP contribution in [0.25, 0.3) is 5.65 Å². The Morgan fingerprint density at radius 3 is 2.70 bits per heavy atom. The summed E-state index contributed by atoms with van der Waals surface area (Å²) in [5, 5.41) is 17.3. The lowest BCUT2D eigenvalue weighted by Gasteiger charge is -2.24. The van der Waals surface area contributed by atoms with Crippen LogP contribution < -0.4 is 15.3 Å². The maximum absolute atomic E-state index is 15.8. The predicted octanol–water partition coefficient (Wildman–Crippen LogP) is 4.05. The van der Waals surface area contributed by atoms with E-state index in [0.717, 1.165) is 6.92 Å². The maximum atomic E-state index is 15.8. The number of hydrogen-bond acceptors (Lipinski definition) is 11. The van der Waals surface area contributed by atoms with E-state index in [0.29, 0.717) is 0 Å². The van der Waals surface area contributed by atoms with Gasteiger partial charge in [-0.2, -0.15) is 10.2 Å². The number of esters is 1. The normalized spacial score (nSPS) is 21.6. The van der Waals surface area contributed by atoms with Gasteiger partial charge in [-0.25, -0.2) is 23.4 Å². The Kier molecular flexibility index (Phi) is 8.06. The van der Waals surface area contributed by atoms with Crippen molar-refractivity contribution in [2.45, 2.75) is 52.4 Å². The number of para-hydroxylation sites is 1. The number of hydrogen-bond donors (Lipinski definition) is 3. The van der Waals surface area contributed by atoms with Gasteiger partial charge in [0.25, 0.3) is 0 Å². The van der Waals surface area contributed by atoms with Gasteiger partial charge in [0.15, 0.2) is 29.1 Å². The highest BCUT2D eigenvalue weighted by atomic mass is 31.2. The van der Waals surface area contributed by atoms with E-state index in [1.807, 2.05) is 20.8 Å². The van der Waals surface area contributed by atoms with Gasteiger partial charge in [-0.3, -0.25) is 9.32 Å². The van der Waals surface area contributed by atoms with E-state index >= 15 is 4.39 Å². The van der Waals surface area contributed by atoms with E-state index in [-0.39, 0.29) is 40.7 Å². The first-order chi connectivity index (χ1) is 18.7. The van der Waals surface area contributed by atoms with E-state index in [4.69, 9.17) is 24.3 Å². The fourth-order valence-electron chi connectivity index (χ4n) is 3.73. The number of aliphatic hydroxyl groups excluding tert-OH is 1. The van der Waals surface area contributed by atoms with E-state index in [9.17, 15) is 14.5 Å². The van der Waals surface area contributed by atoms with Crippen LogP contribution in [0.5, 0.6) is 5.75 Å². The van der Waals surface area contributed by atoms with Gasteiger partial charge in [0.1, 0.15) is 30.4 Å². The number of carbonyl (C=O) groups excluding carboxylic acids is 1. The number of nitrogen functional groups attached to an aromatic ring is 1. The molecule has 0 spiro atoms. The number of fused-ring (bicyclic) bond motifs is 1. The lowest BCUT2D eigenvalue weighted by atomic mass is 9.98. The minimum absolute atomic E-state index is 0.0702. The molecule has 0 amide bonds. The van der Waals surface area contributed by atoms with Crippen molar-refractivity contribution in [3.8, 4) is 5.75 Å². The van der Waals surface area contributed by atoms with Crippen LogP contribution in [0.15, 0.2) is 54.4 Å². The Morgan fingerprint density at radius 1 is 1.32 bits per heavy atom. The number of imidazole rings is 1. The van der Waals surface area contributed by atoms with Crippen LogP contribution >= 0.6 is 7.75 Å². The molecular weight excluding hydrogens is 546 g/mol. The summed E-state index contributed by atoms with van der Waals surface area (Å²) in [6.07, 6.45) is 1.07. The minimum Gasteiger partial charge on any atom is -0.506 e. The number of anilines is 1. The Morgan fingerprint density at radius 2 is 2.02 bits per heavy atom. The minimum atomic E-state index is -4.32. The molecule has 0 saturated heterocycles. The standard InChI is InChI=1S/C25H32FN6O7P/c1-15(23(34)36-13-24(2,3)4)31-40(35,39-16-9-7-6-8-10-16)37-12-18-19(33)25(5,26)20(38-18)17-11-28-22-21(27)29-14-30-32(17)22/h6-11,14-15,20,33H,12-13H2,1-5H3,(H,31,35)(H2,27,29,30)/t15-,20-,25+,40?/m0/s1. The van der Waals surface area contributed by atoms with Crippen molar-refractivity contribution in [2.75, 3.05) is 18.9 Å². The second kappa shape index (κ2) is 11.0. The van der Waals surface area contributed by atoms with Crippen molar-refractivity contribution in [1.82, 2.24) is 24.7 Å². The molecule has 0 saturated carbocycles. The van der Waals surface area contributed by atoms with E-state index in [2.05, 4.69) is 20.2 Å². The van der Waals surface area contributed by atoms with Gasteiger partial charge in [-0.05, 0) is 31.4 Å². The summed E-state index contributed by atoms with van der Waals surface area (Å²) in [6.45, 7) is 7.69. The number of nitrogens with two attached hydrogens (primary N) is 1. The van der Waals surface area contributed by atoms with Crippen molar-refractivity contribution < 1.29 is 37.4 Å². The largest absolute Gasteiger partial charge is 0.506 e. The summed E-state index contributed by atoms with van der Waals surface area (Å²) in [5.74, 6) is -1.55. The number of alkyl halides is 1. The van der Waals surface area contributed by atoms with E-state index in [1.165, 1.54) is 36.1 Å². The molecule has 1 aliphatic heterocycles. The average molecular weight is 579 g/mol. The lowest BCUT2D eigenvalue weighted by molar-refractivity contribution is -0.148. The first kappa shape index (κ1) is 29.2. The van der Waals surface area contributed by atoms with Gasteiger partial charge < -0.3 is 24.8 Å². The first-order valence-corrected chi connectivity index (χ1v) is 13.9. The van der Waals surface area contributed by atoms with Gasteiger partial charge in [0, 0.05) is 0 Å². The third-order valence-corrected chi connectivity index (χ3v) is 7.42. The molecule has 1 aromatic carbocycles. The zero-order chi connectivity index (χ0) is 29.3. The van der Waals surface area contributed by atoms with Crippen molar-refractivity contribution >= 4 is 25.2 Å². The van der Waals surface area contributed by atoms with Gasteiger partial charge in [0.05, 0.1) is 12.8 Å². The third-order valence-electron chi connectivity index (χ3n) is 5.79. The molecule has 0 radical (unpaired) electrons. The summed E-state index contributed by atoms with van der Waals surface area (Å²) < 4.78 is 53.0. The molecule has 0 fully saturated rings. The van der Waals surface area contributed by atoms with Crippen LogP contribution in [0.3, 0.4) is 0 Å². The zero-order valence-electron chi connectivity index (χ0n) is 22.7. The Bertz CT molecular complexity index is 1460. The van der Waals surface area contributed by atoms with E-state index < -0.39 is 43.9 Å². The van der Waals surface area contributed by atoms with Crippen LogP contribution in [0.2, 0.25) is 0 Å². The van der Waals surface area contributed by atoms with Crippen molar-refractivity contribution in [2.24, 2.45) is 5.41 Å². The summed E-state index contributed by atoms with van der Waals surface area (Å²) in [7, 11) is -4.32. The first-order valence-electron chi connectivity index (χ1n) is 12.4. The van der Waals surface area contributed by atoms with Crippen LogP contribution in [-0.4, -0.2) is 55.6 Å². The molecule has 4 atom stereocenters. The highest BCUT2D eigenvalue weighted by Crippen LogP contribution is 2.49. The SMILES string of the molecule is C[C@H](NP(=O)(OCC1=C(O)[C@@](C)(F)[C@H](c2cnc3c(N)ncnn23)O1)Oc1ccccc1)C(=O)OCC(C)(C)C.